The highest BCUT2D eigenvalue weighted by molar-refractivity contribution is 7.98. The second-order valence-corrected chi connectivity index (χ2v) is 6.29. The molecule has 0 heterocycles. The van der Waals surface area contributed by atoms with Crippen molar-refractivity contribution in [3.63, 3.8) is 0 Å². The molecule has 0 N–H and O–H groups in total. The van der Waals surface area contributed by atoms with Crippen LogP contribution in [-0.2, 0) is 15.3 Å². The molecule has 18 heavy (non-hydrogen) atoms. The Bertz CT molecular complexity index is 412. The van der Waals surface area contributed by atoms with Crippen molar-refractivity contribution in [2.24, 2.45) is 5.41 Å². The number of methoxy groups -OCH3 is 1. The highest BCUT2D eigenvalue weighted by atomic mass is 35.5. The summed E-state index contributed by atoms with van der Waals surface area (Å²) >= 11 is 7.73. The van der Waals surface area contributed by atoms with Crippen LogP contribution < -0.4 is 0 Å². The van der Waals surface area contributed by atoms with E-state index in [2.05, 4.69) is 12.1 Å². The Morgan fingerprint density at radius 3 is 2.61 bits per heavy atom. The maximum Gasteiger partial charge on any atom is 0.306 e. The lowest BCUT2D eigenvalue weighted by molar-refractivity contribution is -0.141. The molecule has 1 aliphatic carbocycles. The van der Waals surface area contributed by atoms with Crippen molar-refractivity contribution in [1.82, 2.24) is 0 Å². The molecule has 0 spiro atoms. The van der Waals surface area contributed by atoms with E-state index in [0.717, 1.165) is 29.4 Å². The fourth-order valence-corrected chi connectivity index (χ4v) is 3.37. The molecule has 4 heteroatoms. The molecule has 98 valence electrons. The van der Waals surface area contributed by atoms with Crippen LogP contribution in [0.15, 0.2) is 24.3 Å². The van der Waals surface area contributed by atoms with Gasteiger partial charge in [-0.05, 0) is 41.7 Å². The minimum Gasteiger partial charge on any atom is -0.469 e. The number of hydrogen-bond acceptors (Lipinski definition) is 3. The maximum absolute atomic E-state index is 11.3. The monoisotopic (exact) mass is 284 g/mol. The molecule has 0 saturated heterocycles. The molecule has 1 aromatic carbocycles. The van der Waals surface area contributed by atoms with Gasteiger partial charge in [0, 0.05) is 10.8 Å². The summed E-state index contributed by atoms with van der Waals surface area (Å²) in [5, 5.41) is 0.771. The van der Waals surface area contributed by atoms with Crippen LogP contribution in [0.1, 0.15) is 24.8 Å². The number of benzene rings is 1. The third-order valence-corrected chi connectivity index (χ3v) is 4.90. The highest BCUT2D eigenvalue weighted by Gasteiger charge is 2.44. The summed E-state index contributed by atoms with van der Waals surface area (Å²) < 4.78 is 4.74. The third-order valence-electron chi connectivity index (χ3n) is 3.29. The predicted molar refractivity (Wildman–Crippen MR) is 75.9 cm³/mol. The van der Waals surface area contributed by atoms with Crippen molar-refractivity contribution in [3.8, 4) is 0 Å². The van der Waals surface area contributed by atoms with Crippen LogP contribution in [0.4, 0.5) is 0 Å². The largest absolute Gasteiger partial charge is 0.469 e. The van der Waals surface area contributed by atoms with Crippen LogP contribution in [0.2, 0.25) is 5.02 Å². The summed E-state index contributed by atoms with van der Waals surface area (Å²) in [6, 6.07) is 7.93. The molecule has 2 rings (SSSR count). The van der Waals surface area contributed by atoms with E-state index in [-0.39, 0.29) is 11.4 Å². The minimum atomic E-state index is -0.0837. The zero-order valence-electron chi connectivity index (χ0n) is 10.4. The summed E-state index contributed by atoms with van der Waals surface area (Å²) in [4.78, 5) is 11.3. The van der Waals surface area contributed by atoms with Gasteiger partial charge in [-0.3, -0.25) is 4.79 Å². The van der Waals surface area contributed by atoms with E-state index in [1.807, 2.05) is 23.9 Å². The SMILES string of the molecule is COC(=O)CC1(CSCc2ccc(Cl)cc2)CC1. The van der Waals surface area contributed by atoms with Crippen molar-refractivity contribution in [2.45, 2.75) is 25.0 Å². The molecule has 0 aliphatic heterocycles. The topological polar surface area (TPSA) is 26.3 Å². The zero-order valence-corrected chi connectivity index (χ0v) is 12.0. The molecular formula is C14H17ClO2S. The molecule has 0 radical (unpaired) electrons. The van der Waals surface area contributed by atoms with Crippen LogP contribution in [0.5, 0.6) is 0 Å². The molecule has 0 aromatic heterocycles. The van der Waals surface area contributed by atoms with Crippen molar-refractivity contribution < 1.29 is 9.53 Å². The Morgan fingerprint density at radius 2 is 2.06 bits per heavy atom. The Balaban J connectivity index is 1.75. The minimum absolute atomic E-state index is 0.0837. The molecule has 2 nitrogen and oxygen atoms in total. The van der Waals surface area contributed by atoms with Crippen molar-refractivity contribution in [3.05, 3.63) is 34.9 Å². The second-order valence-electron chi connectivity index (χ2n) is 4.87. The van der Waals surface area contributed by atoms with Gasteiger partial charge in [-0.2, -0.15) is 11.8 Å². The summed E-state index contributed by atoms with van der Waals surface area (Å²) in [6.45, 7) is 0. The highest BCUT2D eigenvalue weighted by Crippen LogP contribution is 2.51. The first-order valence-corrected chi connectivity index (χ1v) is 7.56. The van der Waals surface area contributed by atoms with Crippen LogP contribution in [0.25, 0.3) is 0 Å². The first-order valence-electron chi connectivity index (χ1n) is 6.03. The molecule has 1 aromatic rings. The summed E-state index contributed by atoms with van der Waals surface area (Å²) in [6.07, 6.45) is 2.86. The van der Waals surface area contributed by atoms with E-state index in [1.54, 1.807) is 0 Å². The van der Waals surface area contributed by atoms with Gasteiger partial charge in [0.15, 0.2) is 0 Å². The fraction of sp³-hybridized carbons (Fsp3) is 0.500. The van der Waals surface area contributed by atoms with E-state index in [0.29, 0.717) is 6.42 Å². The first kappa shape index (κ1) is 13.8. The molecule has 1 aliphatic rings. The maximum atomic E-state index is 11.3. The summed E-state index contributed by atoms with van der Waals surface area (Å²) in [7, 11) is 1.46. The molecule has 0 amide bonds. The van der Waals surface area contributed by atoms with Crippen molar-refractivity contribution in [1.29, 1.82) is 0 Å². The van der Waals surface area contributed by atoms with Crippen LogP contribution in [-0.4, -0.2) is 18.8 Å². The standard InChI is InChI=1S/C14H17ClO2S/c1-17-13(16)8-14(6-7-14)10-18-9-11-2-4-12(15)5-3-11/h2-5H,6-10H2,1H3. The number of carbonyl (C=O) groups excluding carboxylic acids is 1. The van der Waals surface area contributed by atoms with E-state index >= 15 is 0 Å². The molecular weight excluding hydrogens is 268 g/mol. The summed E-state index contributed by atoms with van der Waals surface area (Å²) in [5.74, 6) is 1.92. The molecule has 1 fully saturated rings. The van der Waals surface area contributed by atoms with Gasteiger partial charge in [-0.25, -0.2) is 0 Å². The van der Waals surface area contributed by atoms with Gasteiger partial charge in [0.2, 0.25) is 0 Å². The number of hydrogen-bond donors (Lipinski definition) is 0. The number of halogens is 1. The van der Waals surface area contributed by atoms with Crippen molar-refractivity contribution in [2.75, 3.05) is 12.9 Å². The van der Waals surface area contributed by atoms with Gasteiger partial charge >= 0.3 is 5.97 Å². The smallest absolute Gasteiger partial charge is 0.306 e. The Hall–Kier alpha value is -0.670. The van der Waals surface area contributed by atoms with Gasteiger partial charge in [-0.1, -0.05) is 23.7 Å². The van der Waals surface area contributed by atoms with E-state index in [9.17, 15) is 4.79 Å². The predicted octanol–water partition coefficient (Wildman–Crippen LogP) is 3.92. The molecule has 0 atom stereocenters. The second kappa shape index (κ2) is 5.98. The Morgan fingerprint density at radius 1 is 1.39 bits per heavy atom. The number of ether oxygens (including phenoxy) is 1. The lowest BCUT2D eigenvalue weighted by Crippen LogP contribution is -2.13. The van der Waals surface area contributed by atoms with Crippen molar-refractivity contribution >= 4 is 29.3 Å². The summed E-state index contributed by atoms with van der Waals surface area (Å²) in [5.41, 5.74) is 1.49. The Kier molecular flexibility index (Phi) is 4.57. The molecule has 0 unspecified atom stereocenters. The lowest BCUT2D eigenvalue weighted by Gasteiger charge is -2.12. The van der Waals surface area contributed by atoms with Crippen LogP contribution >= 0.6 is 23.4 Å². The molecule has 0 bridgehead atoms. The van der Waals surface area contributed by atoms with E-state index in [4.69, 9.17) is 16.3 Å². The van der Waals surface area contributed by atoms with E-state index < -0.39 is 0 Å². The fourth-order valence-electron chi connectivity index (χ4n) is 1.89. The van der Waals surface area contributed by atoms with Gasteiger partial charge in [0.1, 0.15) is 0 Å². The normalized spacial score (nSPS) is 16.3. The third kappa shape index (κ3) is 3.92. The van der Waals surface area contributed by atoms with Crippen LogP contribution in [0, 0.1) is 5.41 Å². The number of carbonyl (C=O) groups is 1. The zero-order chi connectivity index (χ0) is 13.0. The van der Waals surface area contributed by atoms with Gasteiger partial charge in [-0.15, -0.1) is 0 Å². The quantitative estimate of drug-likeness (QED) is 0.741. The van der Waals surface area contributed by atoms with Gasteiger partial charge in [0.05, 0.1) is 13.5 Å². The number of esters is 1. The average molecular weight is 285 g/mol. The average Bonchev–Trinajstić information content (AvgIpc) is 3.11. The Labute approximate surface area is 117 Å². The number of rotatable bonds is 6. The van der Waals surface area contributed by atoms with Gasteiger partial charge in [0.25, 0.3) is 0 Å². The van der Waals surface area contributed by atoms with Crippen LogP contribution in [0.3, 0.4) is 0 Å². The van der Waals surface area contributed by atoms with Gasteiger partial charge < -0.3 is 4.74 Å². The van der Waals surface area contributed by atoms with E-state index in [1.165, 1.54) is 12.7 Å². The number of thioether (sulfide) groups is 1. The first-order chi connectivity index (χ1) is 8.63. The molecule has 1 saturated carbocycles. The lowest BCUT2D eigenvalue weighted by atomic mass is 10.1.